The molecule has 0 aromatic heterocycles. The third kappa shape index (κ3) is 8.97. The van der Waals surface area contributed by atoms with E-state index >= 15 is 0 Å². The van der Waals surface area contributed by atoms with Crippen molar-refractivity contribution in [2.45, 2.75) is 24.6 Å². The van der Waals surface area contributed by atoms with Crippen LogP contribution in [-0.2, 0) is 4.79 Å². The van der Waals surface area contributed by atoms with Gasteiger partial charge in [-0.3, -0.25) is 4.79 Å². The van der Waals surface area contributed by atoms with Gasteiger partial charge in [0.15, 0.2) is 5.78 Å². The lowest BCUT2D eigenvalue weighted by atomic mass is 10.1. The largest absolute Gasteiger partial charge is 0.295 e. The molecule has 0 aliphatic heterocycles. The first-order valence-electron chi connectivity index (χ1n) is 3.83. The number of alkyl halides is 1. The van der Waals surface area contributed by atoms with E-state index in [1.165, 1.54) is 6.08 Å². The van der Waals surface area contributed by atoms with Crippen LogP contribution in [0.15, 0.2) is 21.2 Å². The first kappa shape index (κ1) is 13.7. The van der Waals surface area contributed by atoms with Crippen LogP contribution in [-0.4, -0.2) is 11.2 Å². The van der Waals surface area contributed by atoms with E-state index in [1.807, 2.05) is 0 Å². The van der Waals surface area contributed by atoms with Crippen LogP contribution in [0.25, 0.3) is 0 Å². The van der Waals surface area contributed by atoms with Crippen molar-refractivity contribution in [2.24, 2.45) is 0 Å². The second kappa shape index (κ2) is 8.00. The minimum absolute atomic E-state index is 0.0251. The van der Waals surface area contributed by atoms with Gasteiger partial charge in [-0.25, -0.2) is 0 Å². The van der Waals surface area contributed by atoms with E-state index in [1.54, 1.807) is 4.99 Å². The average Bonchev–Trinajstić information content (AvgIpc) is 2.00. The number of hydrogen-bond donors (Lipinski definition) is 0. The Morgan fingerprint density at radius 3 is 2.77 bits per heavy atom. The summed E-state index contributed by atoms with van der Waals surface area (Å²) in [4.78, 5) is 12.6. The van der Waals surface area contributed by atoms with Crippen LogP contribution in [0.3, 0.4) is 0 Å². The molecule has 0 aromatic carbocycles. The molecule has 4 heteroatoms. The monoisotopic (exact) mass is 376 g/mol. The zero-order valence-corrected chi connectivity index (χ0v) is 11.6. The van der Waals surface area contributed by atoms with Gasteiger partial charge < -0.3 is 0 Å². The van der Waals surface area contributed by atoms with Gasteiger partial charge >= 0.3 is 0 Å². The molecule has 0 aliphatic rings. The standard InChI is InChI=1S/C9H11BrClIO/c1-7(12)6-8(11)2-3-9(13)4-5-10/h4-5,8H,1-3,6H2/t8-/m1/s1. The lowest BCUT2D eigenvalue weighted by molar-refractivity contribution is -0.114. The minimum atomic E-state index is 0.0251. The first-order valence-corrected chi connectivity index (χ1v) is 6.26. The van der Waals surface area contributed by atoms with Crippen molar-refractivity contribution in [3.05, 3.63) is 21.2 Å². The van der Waals surface area contributed by atoms with Gasteiger partial charge in [-0.05, 0) is 50.1 Å². The van der Waals surface area contributed by atoms with Crippen molar-refractivity contribution in [3.8, 4) is 0 Å². The fourth-order valence-electron chi connectivity index (χ4n) is 0.795. The van der Waals surface area contributed by atoms with Crippen LogP contribution in [0.2, 0.25) is 0 Å². The summed E-state index contributed by atoms with van der Waals surface area (Å²) in [6.07, 6.45) is 3.48. The van der Waals surface area contributed by atoms with E-state index < -0.39 is 0 Å². The Kier molecular flexibility index (Phi) is 8.40. The van der Waals surface area contributed by atoms with Gasteiger partial charge in [-0.2, -0.15) is 0 Å². The highest BCUT2D eigenvalue weighted by molar-refractivity contribution is 14.1. The maximum Gasteiger partial charge on any atom is 0.156 e. The summed E-state index contributed by atoms with van der Waals surface area (Å²) in [7, 11) is 0. The van der Waals surface area contributed by atoms with E-state index in [9.17, 15) is 4.79 Å². The molecule has 0 fully saturated rings. The van der Waals surface area contributed by atoms with Crippen LogP contribution in [0.1, 0.15) is 19.3 Å². The molecule has 0 saturated carbocycles. The highest BCUT2D eigenvalue weighted by atomic mass is 127. The van der Waals surface area contributed by atoms with Crippen molar-refractivity contribution >= 4 is 55.9 Å². The summed E-state index contributed by atoms with van der Waals surface area (Å²) in [5.74, 6) is 0.0987. The summed E-state index contributed by atoms with van der Waals surface area (Å²) < 4.78 is 1.03. The van der Waals surface area contributed by atoms with Gasteiger partial charge in [0, 0.05) is 11.8 Å². The van der Waals surface area contributed by atoms with Crippen molar-refractivity contribution in [1.29, 1.82) is 0 Å². The topological polar surface area (TPSA) is 17.1 Å². The Hall–Kier alpha value is 0.650. The molecule has 0 bridgehead atoms. The van der Waals surface area contributed by atoms with Crippen molar-refractivity contribution < 1.29 is 4.79 Å². The predicted octanol–water partition coefficient (Wildman–Crippen LogP) is 4.19. The van der Waals surface area contributed by atoms with Crippen LogP contribution in [0.4, 0.5) is 0 Å². The molecule has 13 heavy (non-hydrogen) atoms. The predicted molar refractivity (Wildman–Crippen MR) is 69.7 cm³/mol. The van der Waals surface area contributed by atoms with Gasteiger partial charge in [0.2, 0.25) is 0 Å². The van der Waals surface area contributed by atoms with Gasteiger partial charge in [-0.1, -0.05) is 22.5 Å². The minimum Gasteiger partial charge on any atom is -0.295 e. The molecule has 0 N–H and O–H groups in total. The second-order valence-corrected chi connectivity index (χ2v) is 5.29. The number of allylic oxidation sites excluding steroid dienone is 2. The molecule has 1 atom stereocenters. The molecule has 0 unspecified atom stereocenters. The highest BCUT2D eigenvalue weighted by Gasteiger charge is 2.07. The molecule has 74 valence electrons. The Labute approximate surface area is 106 Å². The number of rotatable bonds is 6. The van der Waals surface area contributed by atoms with Crippen LogP contribution >= 0.6 is 50.1 Å². The van der Waals surface area contributed by atoms with Crippen molar-refractivity contribution in [3.63, 3.8) is 0 Å². The fraction of sp³-hybridized carbons (Fsp3) is 0.444. The lowest BCUT2D eigenvalue weighted by Gasteiger charge is -2.05. The van der Waals surface area contributed by atoms with Crippen LogP contribution in [0, 0.1) is 0 Å². The average molecular weight is 377 g/mol. The van der Waals surface area contributed by atoms with E-state index in [0.29, 0.717) is 12.8 Å². The van der Waals surface area contributed by atoms with Crippen molar-refractivity contribution in [1.82, 2.24) is 0 Å². The summed E-state index contributed by atoms with van der Waals surface area (Å²) in [5.41, 5.74) is 0. The zero-order valence-electron chi connectivity index (χ0n) is 7.10. The fourth-order valence-corrected chi connectivity index (χ4v) is 2.18. The third-order valence-electron chi connectivity index (χ3n) is 1.40. The molecule has 0 spiro atoms. The Morgan fingerprint density at radius 2 is 2.31 bits per heavy atom. The Bertz CT molecular complexity index is 216. The number of ketones is 1. The maximum atomic E-state index is 11.0. The number of hydrogen-bond acceptors (Lipinski definition) is 1. The SMILES string of the molecule is C=C(I)C[C@H](Cl)CCC(=O)C=CBr. The number of carbonyl (C=O) groups excluding carboxylic acids is 1. The molecule has 0 rings (SSSR count). The molecular weight excluding hydrogens is 366 g/mol. The molecule has 0 heterocycles. The van der Waals surface area contributed by atoms with Gasteiger partial charge in [0.1, 0.15) is 0 Å². The Morgan fingerprint density at radius 1 is 1.69 bits per heavy atom. The summed E-state index contributed by atoms with van der Waals surface area (Å²) in [6.45, 7) is 3.75. The third-order valence-corrected chi connectivity index (χ3v) is 2.47. The number of carbonyl (C=O) groups is 1. The molecule has 0 radical (unpaired) electrons. The summed E-state index contributed by atoms with van der Waals surface area (Å²) in [6, 6.07) is 0. The first-order chi connectivity index (χ1) is 6.06. The number of halogens is 3. The van der Waals surface area contributed by atoms with Crippen LogP contribution in [0.5, 0.6) is 0 Å². The lowest BCUT2D eigenvalue weighted by Crippen LogP contribution is -2.02. The summed E-state index contributed by atoms with van der Waals surface area (Å²) in [5, 5.41) is 0.0251. The van der Waals surface area contributed by atoms with Crippen molar-refractivity contribution in [2.75, 3.05) is 0 Å². The molecule has 0 amide bonds. The second-order valence-electron chi connectivity index (χ2n) is 2.62. The van der Waals surface area contributed by atoms with Gasteiger partial charge in [-0.15, -0.1) is 11.6 Å². The molecule has 0 saturated heterocycles. The molecule has 0 aromatic rings. The maximum absolute atomic E-state index is 11.0. The zero-order chi connectivity index (χ0) is 10.3. The summed E-state index contributed by atoms with van der Waals surface area (Å²) >= 11 is 11.2. The Balaban J connectivity index is 3.63. The molecule has 1 nitrogen and oxygen atoms in total. The van der Waals surface area contributed by atoms with E-state index in [4.69, 9.17) is 11.6 Å². The van der Waals surface area contributed by atoms with E-state index in [-0.39, 0.29) is 11.2 Å². The van der Waals surface area contributed by atoms with E-state index in [2.05, 4.69) is 45.1 Å². The quantitative estimate of drug-likeness (QED) is 0.385. The molecular formula is C9H11BrClIO. The van der Waals surface area contributed by atoms with E-state index in [0.717, 1.165) is 10.0 Å². The van der Waals surface area contributed by atoms with Gasteiger partial charge in [0.25, 0.3) is 0 Å². The van der Waals surface area contributed by atoms with Crippen LogP contribution < -0.4 is 0 Å². The smallest absolute Gasteiger partial charge is 0.156 e. The highest BCUT2D eigenvalue weighted by Crippen LogP contribution is 2.19. The normalized spacial score (nSPS) is 13.2. The molecule has 0 aliphatic carbocycles. The van der Waals surface area contributed by atoms with Gasteiger partial charge in [0.05, 0.1) is 0 Å².